The van der Waals surface area contributed by atoms with Crippen LogP contribution in [0.2, 0.25) is 0 Å². The van der Waals surface area contributed by atoms with E-state index < -0.39 is 5.60 Å². The van der Waals surface area contributed by atoms with Gasteiger partial charge in [-0.3, -0.25) is 0 Å². The van der Waals surface area contributed by atoms with Crippen LogP contribution < -0.4 is 9.47 Å². The minimum absolute atomic E-state index is 0.173. The summed E-state index contributed by atoms with van der Waals surface area (Å²) in [6.07, 6.45) is 5.95. The Kier molecular flexibility index (Phi) is 4.18. The first-order valence-corrected chi connectivity index (χ1v) is 10.4. The van der Waals surface area contributed by atoms with Crippen molar-refractivity contribution in [3.8, 4) is 17.2 Å². The average molecular weight is 380 g/mol. The molecule has 1 N–H and O–H groups in total. The van der Waals surface area contributed by atoms with E-state index in [0.717, 1.165) is 62.3 Å². The fraction of sp³-hybridized carbons (Fsp3) is 0.500. The van der Waals surface area contributed by atoms with Crippen molar-refractivity contribution in [3.05, 3.63) is 53.6 Å². The quantitative estimate of drug-likeness (QED) is 0.864. The smallest absolute Gasteiger partial charge is 0.173 e. The van der Waals surface area contributed by atoms with Crippen LogP contribution in [0, 0.1) is 0 Å². The lowest BCUT2D eigenvalue weighted by Crippen LogP contribution is -2.71. The number of fused-ring (bicyclic) bond motifs is 1. The van der Waals surface area contributed by atoms with Crippen LogP contribution in [-0.4, -0.2) is 42.4 Å². The van der Waals surface area contributed by atoms with Crippen molar-refractivity contribution in [3.63, 3.8) is 0 Å². The predicted molar refractivity (Wildman–Crippen MR) is 109 cm³/mol. The molecular formula is C24H29NO3. The SMILES string of the molecule is COc1ccc2c(c1Oc1ccccc1)[C@]13CCCC[C@@]1(O)[C@H](C2)N(C)CC3. The van der Waals surface area contributed by atoms with Gasteiger partial charge in [0, 0.05) is 17.0 Å². The topological polar surface area (TPSA) is 41.9 Å². The number of rotatable bonds is 3. The van der Waals surface area contributed by atoms with Gasteiger partial charge in [0.05, 0.1) is 12.7 Å². The maximum Gasteiger partial charge on any atom is 0.173 e. The van der Waals surface area contributed by atoms with Crippen LogP contribution in [-0.2, 0) is 11.8 Å². The largest absolute Gasteiger partial charge is 0.493 e. The number of likely N-dealkylation sites (N-methyl/N-ethyl adjacent to an activating group) is 1. The molecule has 2 aliphatic carbocycles. The molecule has 0 unspecified atom stereocenters. The molecule has 5 rings (SSSR count). The first-order valence-electron chi connectivity index (χ1n) is 10.4. The Morgan fingerprint density at radius 2 is 1.82 bits per heavy atom. The van der Waals surface area contributed by atoms with Crippen molar-refractivity contribution in [2.75, 3.05) is 20.7 Å². The molecule has 148 valence electrons. The highest BCUT2D eigenvalue weighted by Crippen LogP contribution is 2.61. The van der Waals surface area contributed by atoms with Gasteiger partial charge in [-0.25, -0.2) is 0 Å². The van der Waals surface area contributed by atoms with E-state index in [1.54, 1.807) is 7.11 Å². The molecule has 2 aromatic rings. The Morgan fingerprint density at radius 3 is 2.61 bits per heavy atom. The molecule has 0 amide bonds. The van der Waals surface area contributed by atoms with E-state index in [1.807, 2.05) is 36.4 Å². The summed E-state index contributed by atoms with van der Waals surface area (Å²) < 4.78 is 12.2. The number of piperidine rings is 1. The molecule has 1 heterocycles. The molecule has 3 aliphatic rings. The molecule has 3 atom stereocenters. The Hall–Kier alpha value is -2.04. The number of aliphatic hydroxyl groups is 1. The minimum atomic E-state index is -0.702. The maximum atomic E-state index is 12.1. The van der Waals surface area contributed by atoms with Gasteiger partial charge < -0.3 is 19.5 Å². The summed E-state index contributed by atoms with van der Waals surface area (Å²) in [5, 5.41) is 12.1. The second-order valence-corrected chi connectivity index (χ2v) is 8.71. The number of benzene rings is 2. The number of hydrogen-bond acceptors (Lipinski definition) is 4. The molecule has 0 spiro atoms. The van der Waals surface area contributed by atoms with Crippen molar-refractivity contribution in [1.82, 2.24) is 4.90 Å². The molecule has 2 fully saturated rings. The molecule has 2 aromatic carbocycles. The molecule has 1 saturated carbocycles. The Balaban J connectivity index is 1.74. The van der Waals surface area contributed by atoms with Crippen LogP contribution in [0.4, 0.5) is 0 Å². The lowest BCUT2D eigenvalue weighted by atomic mass is 9.49. The summed E-state index contributed by atoms with van der Waals surface area (Å²) in [6, 6.07) is 14.3. The van der Waals surface area contributed by atoms with E-state index in [1.165, 1.54) is 11.1 Å². The molecule has 4 nitrogen and oxygen atoms in total. The fourth-order valence-electron chi connectivity index (χ4n) is 6.16. The van der Waals surface area contributed by atoms with Crippen LogP contribution >= 0.6 is 0 Å². The Bertz CT molecular complexity index is 883. The normalized spacial score (nSPS) is 31.6. The number of methoxy groups -OCH3 is 1. The van der Waals surface area contributed by atoms with Gasteiger partial charge in [-0.15, -0.1) is 0 Å². The molecule has 4 heteroatoms. The van der Waals surface area contributed by atoms with E-state index in [0.29, 0.717) is 0 Å². The van der Waals surface area contributed by atoms with Crippen molar-refractivity contribution in [2.24, 2.45) is 0 Å². The molecule has 2 bridgehead atoms. The van der Waals surface area contributed by atoms with Crippen LogP contribution in [0.15, 0.2) is 42.5 Å². The van der Waals surface area contributed by atoms with E-state index in [4.69, 9.17) is 9.47 Å². The maximum absolute atomic E-state index is 12.1. The zero-order chi connectivity index (χ0) is 19.4. The lowest BCUT2D eigenvalue weighted by molar-refractivity contribution is -0.160. The summed E-state index contributed by atoms with van der Waals surface area (Å²) in [7, 11) is 3.86. The van der Waals surface area contributed by atoms with Crippen LogP contribution in [0.1, 0.15) is 43.2 Å². The molecule has 1 saturated heterocycles. The summed E-state index contributed by atoms with van der Waals surface area (Å²) >= 11 is 0. The summed E-state index contributed by atoms with van der Waals surface area (Å²) in [5.74, 6) is 2.36. The number of ether oxygens (including phenoxy) is 2. The summed E-state index contributed by atoms with van der Waals surface area (Å²) in [4.78, 5) is 2.37. The first-order chi connectivity index (χ1) is 13.6. The van der Waals surface area contributed by atoms with Crippen molar-refractivity contribution in [2.45, 2.75) is 55.6 Å². The molecule has 1 aliphatic heterocycles. The van der Waals surface area contributed by atoms with E-state index in [2.05, 4.69) is 18.0 Å². The first kappa shape index (κ1) is 18.0. The lowest BCUT2D eigenvalue weighted by Gasteiger charge is -2.63. The van der Waals surface area contributed by atoms with Crippen molar-refractivity contribution >= 4 is 0 Å². The third kappa shape index (κ3) is 2.37. The highest BCUT2D eigenvalue weighted by Gasteiger charge is 2.63. The van der Waals surface area contributed by atoms with Gasteiger partial charge >= 0.3 is 0 Å². The monoisotopic (exact) mass is 379 g/mol. The molecule has 28 heavy (non-hydrogen) atoms. The standard InChI is InChI=1S/C24H29NO3/c1-25-15-14-23-12-6-7-13-24(23,26)20(25)16-17-10-11-19(27-2)22(21(17)23)28-18-8-4-3-5-9-18/h3-5,8-11,20,26H,6-7,12-16H2,1-2H3/t20-,23+,24+/m0/s1. The minimum Gasteiger partial charge on any atom is -0.493 e. The third-order valence-electron chi connectivity index (χ3n) is 7.50. The summed E-state index contributed by atoms with van der Waals surface area (Å²) in [6.45, 7) is 1.01. The number of nitrogens with zero attached hydrogens (tertiary/aromatic N) is 1. The van der Waals surface area contributed by atoms with Crippen molar-refractivity contribution < 1.29 is 14.6 Å². The zero-order valence-corrected chi connectivity index (χ0v) is 16.8. The van der Waals surface area contributed by atoms with Gasteiger partial charge in [-0.1, -0.05) is 37.1 Å². The second-order valence-electron chi connectivity index (χ2n) is 8.71. The molecular weight excluding hydrogens is 350 g/mol. The molecule has 0 radical (unpaired) electrons. The predicted octanol–water partition coefficient (Wildman–Crippen LogP) is 4.29. The van der Waals surface area contributed by atoms with Crippen LogP contribution in [0.3, 0.4) is 0 Å². The van der Waals surface area contributed by atoms with E-state index >= 15 is 0 Å². The summed E-state index contributed by atoms with van der Waals surface area (Å²) in [5.41, 5.74) is 1.54. The van der Waals surface area contributed by atoms with Gasteiger partial charge in [0.25, 0.3) is 0 Å². The zero-order valence-electron chi connectivity index (χ0n) is 16.8. The Morgan fingerprint density at radius 1 is 1.04 bits per heavy atom. The highest BCUT2D eigenvalue weighted by atomic mass is 16.5. The van der Waals surface area contributed by atoms with Gasteiger partial charge in [0.2, 0.25) is 0 Å². The van der Waals surface area contributed by atoms with Crippen molar-refractivity contribution in [1.29, 1.82) is 0 Å². The van der Waals surface area contributed by atoms with Gasteiger partial charge in [-0.2, -0.15) is 0 Å². The van der Waals surface area contributed by atoms with Crippen LogP contribution in [0.5, 0.6) is 17.2 Å². The molecule has 0 aromatic heterocycles. The highest BCUT2D eigenvalue weighted by molar-refractivity contribution is 5.60. The van der Waals surface area contributed by atoms with E-state index in [9.17, 15) is 5.11 Å². The number of likely N-dealkylation sites (tertiary alicyclic amines) is 1. The van der Waals surface area contributed by atoms with Crippen LogP contribution in [0.25, 0.3) is 0 Å². The van der Waals surface area contributed by atoms with Gasteiger partial charge in [0.1, 0.15) is 5.75 Å². The third-order valence-corrected chi connectivity index (χ3v) is 7.50. The number of para-hydroxylation sites is 1. The van der Waals surface area contributed by atoms with Gasteiger partial charge in [0.15, 0.2) is 11.5 Å². The average Bonchev–Trinajstić information content (AvgIpc) is 2.71. The second kappa shape index (κ2) is 6.50. The Labute approximate surface area is 167 Å². The van der Waals surface area contributed by atoms with Gasteiger partial charge in [-0.05, 0) is 63.0 Å². The number of hydrogen-bond donors (Lipinski definition) is 1. The van der Waals surface area contributed by atoms with E-state index in [-0.39, 0.29) is 11.5 Å². The fourth-order valence-corrected chi connectivity index (χ4v) is 6.16.